The van der Waals surface area contributed by atoms with E-state index >= 15 is 0 Å². The lowest BCUT2D eigenvalue weighted by Crippen LogP contribution is -2.51. The van der Waals surface area contributed by atoms with Crippen molar-refractivity contribution in [1.29, 1.82) is 0 Å². The topological polar surface area (TPSA) is 67.2 Å². The van der Waals surface area contributed by atoms with E-state index in [1.165, 1.54) is 6.33 Å². The quantitative estimate of drug-likeness (QED) is 0.790. The van der Waals surface area contributed by atoms with E-state index in [1.54, 1.807) is 4.68 Å². The molecule has 0 spiro atoms. The second kappa shape index (κ2) is 8.20. The third-order valence-electron chi connectivity index (χ3n) is 4.55. The number of benzene rings is 1. The Kier molecular flexibility index (Phi) is 5.75. The van der Waals surface area contributed by atoms with E-state index in [0.717, 1.165) is 38.3 Å². The van der Waals surface area contributed by atoms with Gasteiger partial charge < -0.3 is 4.90 Å². The summed E-state index contributed by atoms with van der Waals surface area (Å²) in [6.45, 7) is 8.92. The molecule has 1 saturated heterocycles. The number of carbonyl (C=O) groups excluding carboxylic acids is 1. The Morgan fingerprint density at radius 3 is 2.44 bits per heavy atom. The van der Waals surface area contributed by atoms with Gasteiger partial charge in [0.1, 0.15) is 12.4 Å². The number of tetrazole rings is 1. The average molecular weight is 342 g/mol. The zero-order valence-corrected chi connectivity index (χ0v) is 15.0. The van der Waals surface area contributed by atoms with Crippen LogP contribution in [0.3, 0.4) is 0 Å². The predicted octanol–water partition coefficient (Wildman–Crippen LogP) is 1.26. The molecule has 2 aromatic rings. The molecule has 1 amide bonds. The Bertz CT molecular complexity index is 649. The molecule has 1 aromatic carbocycles. The molecule has 1 atom stereocenters. The summed E-state index contributed by atoms with van der Waals surface area (Å²) in [7, 11) is 0. The fourth-order valence-electron chi connectivity index (χ4n) is 3.32. The van der Waals surface area contributed by atoms with Gasteiger partial charge in [-0.25, -0.2) is 4.68 Å². The van der Waals surface area contributed by atoms with Gasteiger partial charge >= 0.3 is 0 Å². The van der Waals surface area contributed by atoms with Crippen LogP contribution in [0.15, 0.2) is 36.7 Å². The van der Waals surface area contributed by atoms with Gasteiger partial charge in [0.25, 0.3) is 0 Å². The molecule has 0 saturated carbocycles. The highest BCUT2D eigenvalue weighted by molar-refractivity contribution is 5.80. The van der Waals surface area contributed by atoms with Crippen LogP contribution in [0.25, 0.3) is 0 Å². The van der Waals surface area contributed by atoms with Crippen LogP contribution in [-0.4, -0.2) is 68.6 Å². The van der Waals surface area contributed by atoms with Crippen LogP contribution in [0.1, 0.15) is 25.5 Å². The van der Waals surface area contributed by atoms with Gasteiger partial charge in [0, 0.05) is 39.1 Å². The molecule has 1 aromatic heterocycles. The number of carbonyl (C=O) groups is 1. The lowest BCUT2D eigenvalue weighted by molar-refractivity contribution is -0.137. The largest absolute Gasteiger partial charge is 0.338 e. The van der Waals surface area contributed by atoms with Gasteiger partial charge in [-0.1, -0.05) is 44.2 Å². The minimum Gasteiger partial charge on any atom is -0.338 e. The van der Waals surface area contributed by atoms with Crippen LogP contribution in [0.4, 0.5) is 0 Å². The summed E-state index contributed by atoms with van der Waals surface area (Å²) in [6, 6.07) is 9.62. The number of hydrogen-bond donors (Lipinski definition) is 0. The number of amides is 1. The van der Waals surface area contributed by atoms with Crippen molar-refractivity contribution < 1.29 is 4.79 Å². The van der Waals surface area contributed by atoms with E-state index in [1.807, 2.05) is 35.2 Å². The Morgan fingerprint density at radius 1 is 1.12 bits per heavy atom. The van der Waals surface area contributed by atoms with Gasteiger partial charge in [-0.2, -0.15) is 0 Å². The minimum atomic E-state index is -0.394. The molecular weight excluding hydrogens is 316 g/mol. The van der Waals surface area contributed by atoms with Crippen LogP contribution in [0.2, 0.25) is 0 Å². The zero-order valence-electron chi connectivity index (χ0n) is 15.0. The van der Waals surface area contributed by atoms with Gasteiger partial charge in [0.15, 0.2) is 0 Å². The van der Waals surface area contributed by atoms with Crippen molar-refractivity contribution in [2.75, 3.05) is 32.7 Å². The highest BCUT2D eigenvalue weighted by atomic mass is 16.2. The van der Waals surface area contributed by atoms with Crippen molar-refractivity contribution >= 4 is 5.91 Å². The van der Waals surface area contributed by atoms with E-state index in [0.29, 0.717) is 12.3 Å². The molecule has 3 rings (SSSR count). The molecule has 134 valence electrons. The molecule has 1 fully saturated rings. The second-order valence-corrected chi connectivity index (χ2v) is 7.02. The van der Waals surface area contributed by atoms with Crippen molar-refractivity contribution in [2.24, 2.45) is 5.92 Å². The molecule has 1 unspecified atom stereocenters. The van der Waals surface area contributed by atoms with Crippen LogP contribution in [0.5, 0.6) is 0 Å². The minimum absolute atomic E-state index is 0.0975. The number of nitrogens with zero attached hydrogens (tertiary/aromatic N) is 6. The fraction of sp³-hybridized carbons (Fsp3) is 0.556. The van der Waals surface area contributed by atoms with Gasteiger partial charge in [-0.05, 0) is 21.9 Å². The first-order chi connectivity index (χ1) is 12.1. The summed E-state index contributed by atoms with van der Waals surface area (Å²) >= 11 is 0. The van der Waals surface area contributed by atoms with Gasteiger partial charge in [-0.3, -0.25) is 9.69 Å². The maximum atomic E-state index is 13.1. The van der Waals surface area contributed by atoms with Gasteiger partial charge in [0.2, 0.25) is 5.91 Å². The van der Waals surface area contributed by atoms with Crippen LogP contribution in [-0.2, 0) is 11.2 Å². The molecule has 0 aliphatic carbocycles. The Hall–Kier alpha value is -2.28. The molecule has 2 heterocycles. The Labute approximate surface area is 148 Å². The van der Waals surface area contributed by atoms with Gasteiger partial charge in [0.05, 0.1) is 0 Å². The monoisotopic (exact) mass is 342 g/mol. The first kappa shape index (κ1) is 17.5. The Morgan fingerprint density at radius 2 is 1.84 bits per heavy atom. The van der Waals surface area contributed by atoms with E-state index in [9.17, 15) is 4.79 Å². The summed E-state index contributed by atoms with van der Waals surface area (Å²) in [6.07, 6.45) is 2.12. The number of aromatic nitrogens is 4. The van der Waals surface area contributed by atoms with Crippen molar-refractivity contribution in [3.8, 4) is 0 Å². The molecule has 1 aliphatic rings. The van der Waals surface area contributed by atoms with Crippen molar-refractivity contribution in [3.05, 3.63) is 42.2 Å². The summed E-state index contributed by atoms with van der Waals surface area (Å²) in [5, 5.41) is 11.4. The zero-order chi connectivity index (χ0) is 17.6. The smallest absolute Gasteiger partial charge is 0.248 e. The van der Waals surface area contributed by atoms with E-state index < -0.39 is 6.04 Å². The first-order valence-electron chi connectivity index (χ1n) is 8.91. The third kappa shape index (κ3) is 4.63. The molecule has 0 radical (unpaired) electrons. The molecule has 7 heteroatoms. The molecule has 1 aliphatic heterocycles. The van der Waals surface area contributed by atoms with Crippen LogP contribution >= 0.6 is 0 Å². The van der Waals surface area contributed by atoms with E-state index in [2.05, 4.69) is 34.3 Å². The van der Waals surface area contributed by atoms with Crippen molar-refractivity contribution in [2.45, 2.75) is 26.3 Å². The van der Waals surface area contributed by atoms with Crippen molar-refractivity contribution in [3.63, 3.8) is 0 Å². The van der Waals surface area contributed by atoms with E-state index in [4.69, 9.17) is 0 Å². The highest BCUT2D eigenvalue weighted by Crippen LogP contribution is 2.17. The average Bonchev–Trinajstić information content (AvgIpc) is 3.14. The summed E-state index contributed by atoms with van der Waals surface area (Å²) in [5.74, 6) is 0.745. The molecule has 0 N–H and O–H groups in total. The standard InChI is InChI=1S/C18H26N6O/c1-15(2)13-22-8-10-23(11-9-22)18(25)17(24-14-19-20-21-24)12-16-6-4-3-5-7-16/h3-7,14-15,17H,8-13H2,1-2H3. The Balaban J connectivity index is 1.68. The maximum Gasteiger partial charge on any atom is 0.248 e. The normalized spacial score (nSPS) is 17.0. The lowest BCUT2D eigenvalue weighted by Gasteiger charge is -2.37. The van der Waals surface area contributed by atoms with Gasteiger partial charge in [-0.15, -0.1) is 5.10 Å². The molecule has 0 bridgehead atoms. The summed E-state index contributed by atoms with van der Waals surface area (Å²) in [5.41, 5.74) is 1.11. The third-order valence-corrected chi connectivity index (χ3v) is 4.55. The number of piperazine rings is 1. The lowest BCUT2D eigenvalue weighted by atomic mass is 10.0. The maximum absolute atomic E-state index is 13.1. The molecule has 25 heavy (non-hydrogen) atoms. The predicted molar refractivity (Wildman–Crippen MR) is 94.9 cm³/mol. The number of rotatable bonds is 6. The summed E-state index contributed by atoms with van der Waals surface area (Å²) in [4.78, 5) is 17.5. The van der Waals surface area contributed by atoms with Crippen LogP contribution < -0.4 is 0 Å². The van der Waals surface area contributed by atoms with E-state index in [-0.39, 0.29) is 5.91 Å². The SMILES string of the molecule is CC(C)CN1CCN(C(=O)C(Cc2ccccc2)n2cnnn2)CC1. The molecule has 7 nitrogen and oxygen atoms in total. The first-order valence-corrected chi connectivity index (χ1v) is 8.91. The van der Waals surface area contributed by atoms with Crippen molar-refractivity contribution in [1.82, 2.24) is 30.0 Å². The highest BCUT2D eigenvalue weighted by Gasteiger charge is 2.29. The molecular formula is C18H26N6O. The second-order valence-electron chi connectivity index (χ2n) is 7.02. The number of hydrogen-bond acceptors (Lipinski definition) is 5. The fourth-order valence-corrected chi connectivity index (χ4v) is 3.32. The van der Waals surface area contributed by atoms with Crippen LogP contribution in [0, 0.1) is 5.92 Å². The summed E-state index contributed by atoms with van der Waals surface area (Å²) < 4.78 is 1.58.